The Morgan fingerprint density at radius 1 is 0.757 bits per heavy atom. The Bertz CT molecular complexity index is 1450. The number of nitrogens with zero attached hydrogens (tertiary/aromatic N) is 1. The van der Waals surface area contributed by atoms with Crippen LogP contribution in [0.2, 0.25) is 5.02 Å². The summed E-state index contributed by atoms with van der Waals surface area (Å²) in [5.74, 6) is -1.12. The molecule has 0 atom stereocenters. The molecular weight excluding hydrogens is 486 g/mol. The first-order valence-corrected chi connectivity index (χ1v) is 11.7. The van der Waals surface area contributed by atoms with Crippen LogP contribution < -0.4 is 10.6 Å². The summed E-state index contributed by atoms with van der Waals surface area (Å²) < 4.78 is 0. The zero-order valence-corrected chi connectivity index (χ0v) is 20.4. The van der Waals surface area contributed by atoms with Gasteiger partial charge in [0.05, 0.1) is 0 Å². The molecule has 0 saturated carbocycles. The van der Waals surface area contributed by atoms with E-state index in [2.05, 4.69) is 15.6 Å². The van der Waals surface area contributed by atoms with E-state index in [0.29, 0.717) is 27.4 Å². The molecule has 2 N–H and O–H groups in total. The molecule has 6 nitrogen and oxygen atoms in total. The summed E-state index contributed by atoms with van der Waals surface area (Å²) in [6.45, 7) is 0. The highest BCUT2D eigenvalue weighted by atomic mass is 35.5. The third kappa shape index (κ3) is 7.34. The summed E-state index contributed by atoms with van der Waals surface area (Å²) in [5, 5.41) is 6.07. The molecule has 0 fully saturated rings. The first-order valence-electron chi connectivity index (χ1n) is 11.4. The summed E-state index contributed by atoms with van der Waals surface area (Å²) >= 11 is 5.89. The Balaban J connectivity index is 1.47. The highest BCUT2D eigenvalue weighted by Gasteiger charge is 2.15. The van der Waals surface area contributed by atoms with E-state index in [4.69, 9.17) is 11.6 Å². The highest BCUT2D eigenvalue weighted by molar-refractivity contribution is 6.30. The first kappa shape index (κ1) is 25.3. The van der Waals surface area contributed by atoms with Gasteiger partial charge in [0.25, 0.3) is 11.8 Å². The fourth-order valence-electron chi connectivity index (χ4n) is 3.33. The first-order chi connectivity index (χ1) is 18.0. The molecule has 4 aromatic rings. The topological polar surface area (TPSA) is 88.2 Å². The number of carbonyl (C=O) groups excluding carboxylic acids is 3. The molecule has 0 unspecified atom stereocenters. The van der Waals surface area contributed by atoms with Gasteiger partial charge in [0.1, 0.15) is 5.70 Å². The van der Waals surface area contributed by atoms with Crippen molar-refractivity contribution in [2.45, 2.75) is 0 Å². The van der Waals surface area contributed by atoms with Crippen LogP contribution in [0.4, 0.5) is 5.69 Å². The zero-order chi connectivity index (χ0) is 26.0. The lowest BCUT2D eigenvalue weighted by molar-refractivity contribution is -0.113. The molecule has 0 spiro atoms. The summed E-state index contributed by atoms with van der Waals surface area (Å²) in [5.41, 5.74) is 2.90. The number of aromatic nitrogens is 1. The maximum atomic E-state index is 13.1. The number of nitrogens with one attached hydrogen (secondary N) is 2. The van der Waals surface area contributed by atoms with Gasteiger partial charge >= 0.3 is 0 Å². The molecular formula is C30H22ClN3O3. The third-order valence-electron chi connectivity index (χ3n) is 5.25. The van der Waals surface area contributed by atoms with Crippen molar-refractivity contribution in [2.75, 3.05) is 5.32 Å². The van der Waals surface area contributed by atoms with Crippen LogP contribution in [0.1, 0.15) is 31.8 Å². The van der Waals surface area contributed by atoms with Crippen LogP contribution in [0.25, 0.3) is 12.2 Å². The summed E-state index contributed by atoms with van der Waals surface area (Å²) in [6, 6.07) is 25.7. The molecule has 1 heterocycles. The molecule has 4 rings (SSSR count). The van der Waals surface area contributed by atoms with E-state index in [1.807, 2.05) is 12.1 Å². The van der Waals surface area contributed by atoms with Crippen molar-refractivity contribution in [2.24, 2.45) is 0 Å². The highest BCUT2D eigenvalue weighted by Crippen LogP contribution is 2.15. The number of hydrogen-bond donors (Lipinski definition) is 2. The number of halogens is 1. The van der Waals surface area contributed by atoms with E-state index in [0.717, 1.165) is 5.56 Å². The Hall–Kier alpha value is -4.81. The van der Waals surface area contributed by atoms with Crippen LogP contribution >= 0.6 is 11.6 Å². The lowest BCUT2D eigenvalue weighted by Crippen LogP contribution is -2.30. The normalized spacial score (nSPS) is 11.2. The average molecular weight is 508 g/mol. The number of anilines is 1. The number of amides is 2. The summed E-state index contributed by atoms with van der Waals surface area (Å²) in [4.78, 5) is 42.4. The quantitative estimate of drug-likeness (QED) is 0.225. The van der Waals surface area contributed by atoms with E-state index in [9.17, 15) is 14.4 Å². The van der Waals surface area contributed by atoms with Gasteiger partial charge in [-0.05, 0) is 77.9 Å². The van der Waals surface area contributed by atoms with Crippen LogP contribution in [0, 0.1) is 0 Å². The number of rotatable bonds is 8. The minimum absolute atomic E-state index is 0.0490. The SMILES string of the molecule is O=C(Nc1ccc(C(=O)/C=C/c2ccc(Cl)cc2)cc1)/C(=C/c1cccnc1)NC(=O)c1ccccc1. The maximum Gasteiger partial charge on any atom is 0.272 e. The van der Waals surface area contributed by atoms with Crippen LogP contribution in [-0.2, 0) is 4.79 Å². The monoisotopic (exact) mass is 507 g/mol. The van der Waals surface area contributed by atoms with Crippen molar-refractivity contribution in [3.05, 3.63) is 142 Å². The van der Waals surface area contributed by atoms with Crippen LogP contribution in [-0.4, -0.2) is 22.6 Å². The number of pyridine rings is 1. The van der Waals surface area contributed by atoms with Crippen molar-refractivity contribution in [3.63, 3.8) is 0 Å². The van der Waals surface area contributed by atoms with Gasteiger partial charge in [0.15, 0.2) is 5.78 Å². The molecule has 7 heteroatoms. The molecule has 0 saturated heterocycles. The number of ketones is 1. The van der Waals surface area contributed by atoms with Crippen molar-refractivity contribution in [1.82, 2.24) is 10.3 Å². The Kier molecular flexibility index (Phi) is 8.37. The van der Waals surface area contributed by atoms with Crippen molar-refractivity contribution in [3.8, 4) is 0 Å². The second kappa shape index (κ2) is 12.2. The van der Waals surface area contributed by atoms with Gasteiger partial charge in [-0.1, -0.05) is 54.1 Å². The summed E-state index contributed by atoms with van der Waals surface area (Å²) in [6.07, 6.45) is 7.93. The van der Waals surface area contributed by atoms with Gasteiger partial charge in [-0.3, -0.25) is 19.4 Å². The van der Waals surface area contributed by atoms with Crippen LogP contribution in [0.3, 0.4) is 0 Å². The van der Waals surface area contributed by atoms with E-state index in [1.165, 1.54) is 6.08 Å². The largest absolute Gasteiger partial charge is 0.321 e. The van der Waals surface area contributed by atoms with E-state index < -0.39 is 11.8 Å². The molecule has 2 amide bonds. The number of carbonyl (C=O) groups is 3. The smallest absolute Gasteiger partial charge is 0.272 e. The predicted octanol–water partition coefficient (Wildman–Crippen LogP) is 6.04. The fraction of sp³-hybridized carbons (Fsp3) is 0. The zero-order valence-electron chi connectivity index (χ0n) is 19.6. The van der Waals surface area contributed by atoms with Gasteiger partial charge < -0.3 is 10.6 Å². The number of hydrogen-bond acceptors (Lipinski definition) is 4. The second-order valence-corrected chi connectivity index (χ2v) is 8.38. The lowest BCUT2D eigenvalue weighted by Gasteiger charge is -2.11. The average Bonchev–Trinajstić information content (AvgIpc) is 2.93. The second-order valence-electron chi connectivity index (χ2n) is 7.95. The van der Waals surface area contributed by atoms with E-state index in [-0.39, 0.29) is 11.5 Å². The molecule has 0 radical (unpaired) electrons. The molecule has 0 aliphatic heterocycles. The maximum absolute atomic E-state index is 13.1. The fourth-order valence-corrected chi connectivity index (χ4v) is 3.45. The Morgan fingerprint density at radius 3 is 2.16 bits per heavy atom. The van der Waals surface area contributed by atoms with Gasteiger partial charge in [-0.15, -0.1) is 0 Å². The number of benzene rings is 3. The Labute approximate surface area is 219 Å². The lowest BCUT2D eigenvalue weighted by atomic mass is 10.1. The third-order valence-corrected chi connectivity index (χ3v) is 5.50. The summed E-state index contributed by atoms with van der Waals surface area (Å²) in [7, 11) is 0. The molecule has 182 valence electrons. The molecule has 3 aromatic carbocycles. The molecule has 0 aliphatic carbocycles. The van der Waals surface area contributed by atoms with Gasteiger partial charge in [-0.2, -0.15) is 0 Å². The molecule has 37 heavy (non-hydrogen) atoms. The standard InChI is InChI=1S/C30H22ClN3O3/c31-25-13-8-21(9-14-25)10-17-28(35)23-11-15-26(16-12-23)33-30(37)27(19-22-5-4-18-32-20-22)34-29(36)24-6-2-1-3-7-24/h1-20H,(H,33,37)(H,34,36)/b17-10+,27-19-. The van der Waals surface area contributed by atoms with Crippen LogP contribution in [0.15, 0.2) is 115 Å². The van der Waals surface area contributed by atoms with Crippen LogP contribution in [0.5, 0.6) is 0 Å². The van der Waals surface area contributed by atoms with Crippen molar-refractivity contribution < 1.29 is 14.4 Å². The minimum atomic E-state index is -0.519. The number of allylic oxidation sites excluding steroid dienone is 1. The van der Waals surface area contributed by atoms with Crippen molar-refractivity contribution in [1.29, 1.82) is 0 Å². The Morgan fingerprint density at radius 2 is 1.49 bits per heavy atom. The molecule has 0 bridgehead atoms. The van der Waals surface area contributed by atoms with E-state index >= 15 is 0 Å². The van der Waals surface area contributed by atoms with E-state index in [1.54, 1.807) is 103 Å². The van der Waals surface area contributed by atoms with Crippen molar-refractivity contribution >= 4 is 47.0 Å². The minimum Gasteiger partial charge on any atom is -0.321 e. The molecule has 0 aliphatic rings. The van der Waals surface area contributed by atoms with Gasteiger partial charge in [0.2, 0.25) is 0 Å². The van der Waals surface area contributed by atoms with Gasteiger partial charge in [0, 0.05) is 34.2 Å². The van der Waals surface area contributed by atoms with Gasteiger partial charge in [-0.25, -0.2) is 0 Å². The predicted molar refractivity (Wildman–Crippen MR) is 146 cm³/mol. The molecule has 1 aromatic heterocycles.